The summed E-state index contributed by atoms with van der Waals surface area (Å²) < 4.78 is 0. The van der Waals surface area contributed by atoms with Gasteiger partial charge in [-0.2, -0.15) is 0 Å². The van der Waals surface area contributed by atoms with Crippen molar-refractivity contribution in [2.45, 2.75) is 25.4 Å². The second-order valence-corrected chi connectivity index (χ2v) is 5.08. The average molecular weight is 234 g/mol. The van der Waals surface area contributed by atoms with Gasteiger partial charge in [-0.1, -0.05) is 12.1 Å². The summed E-state index contributed by atoms with van der Waals surface area (Å²) >= 11 is 0. The highest BCUT2D eigenvalue weighted by atomic mass is 16.3. The number of rotatable bonds is 2. The molecule has 1 amide bonds. The van der Waals surface area contributed by atoms with Crippen molar-refractivity contribution < 1.29 is 9.90 Å². The Morgan fingerprint density at radius 2 is 2.18 bits per heavy atom. The first kappa shape index (κ1) is 11.9. The van der Waals surface area contributed by atoms with Gasteiger partial charge in [0.1, 0.15) is 0 Å². The molecule has 4 nitrogen and oxygen atoms in total. The summed E-state index contributed by atoms with van der Waals surface area (Å²) in [5.41, 5.74) is 6.56. The minimum Gasteiger partial charge on any atom is -0.399 e. The van der Waals surface area contributed by atoms with Crippen molar-refractivity contribution in [2.75, 3.05) is 18.8 Å². The molecule has 1 aromatic carbocycles. The number of carbonyl (C=O) groups is 1. The van der Waals surface area contributed by atoms with Crippen LogP contribution in [-0.4, -0.2) is 34.6 Å². The Morgan fingerprint density at radius 3 is 2.71 bits per heavy atom. The smallest absolute Gasteiger partial charge is 0.230 e. The topological polar surface area (TPSA) is 66.6 Å². The van der Waals surface area contributed by atoms with E-state index < -0.39 is 5.60 Å². The van der Waals surface area contributed by atoms with Crippen molar-refractivity contribution >= 4 is 11.6 Å². The number of β-amino-alcohol motifs (C(OH)–C–C–N with tert-alkyl or cyclic N) is 1. The SMILES string of the molecule is CC(C(=O)N1CC(C)(O)C1)c1cccc(N)c1. The van der Waals surface area contributed by atoms with Crippen LogP contribution in [0.1, 0.15) is 25.3 Å². The van der Waals surface area contributed by atoms with Gasteiger partial charge in [0.2, 0.25) is 5.91 Å². The Morgan fingerprint density at radius 1 is 1.53 bits per heavy atom. The van der Waals surface area contributed by atoms with E-state index in [0.717, 1.165) is 5.56 Å². The van der Waals surface area contributed by atoms with Gasteiger partial charge in [0.05, 0.1) is 24.6 Å². The molecule has 0 bridgehead atoms. The molecule has 2 rings (SSSR count). The van der Waals surface area contributed by atoms with E-state index in [0.29, 0.717) is 18.8 Å². The fourth-order valence-electron chi connectivity index (χ4n) is 2.18. The van der Waals surface area contributed by atoms with Crippen molar-refractivity contribution in [3.63, 3.8) is 0 Å². The van der Waals surface area contributed by atoms with E-state index in [9.17, 15) is 9.90 Å². The fraction of sp³-hybridized carbons (Fsp3) is 0.462. The number of likely N-dealkylation sites (tertiary alicyclic amines) is 1. The zero-order valence-electron chi connectivity index (χ0n) is 10.2. The minimum atomic E-state index is -0.717. The number of benzene rings is 1. The fourth-order valence-corrected chi connectivity index (χ4v) is 2.18. The maximum atomic E-state index is 12.1. The van der Waals surface area contributed by atoms with E-state index in [2.05, 4.69) is 0 Å². The van der Waals surface area contributed by atoms with E-state index in [4.69, 9.17) is 5.73 Å². The van der Waals surface area contributed by atoms with Crippen LogP contribution in [0.2, 0.25) is 0 Å². The summed E-state index contributed by atoms with van der Waals surface area (Å²) in [6.07, 6.45) is 0. The molecule has 1 fully saturated rings. The molecular formula is C13H18N2O2. The molecule has 0 aromatic heterocycles. The van der Waals surface area contributed by atoms with Crippen molar-refractivity contribution in [1.82, 2.24) is 4.90 Å². The first-order chi connectivity index (χ1) is 7.89. The summed E-state index contributed by atoms with van der Waals surface area (Å²) in [4.78, 5) is 13.8. The molecular weight excluding hydrogens is 216 g/mol. The van der Waals surface area contributed by atoms with E-state index >= 15 is 0 Å². The van der Waals surface area contributed by atoms with Gasteiger partial charge in [0.25, 0.3) is 0 Å². The number of hydrogen-bond acceptors (Lipinski definition) is 3. The second-order valence-electron chi connectivity index (χ2n) is 5.08. The number of anilines is 1. The summed E-state index contributed by atoms with van der Waals surface area (Å²) in [6, 6.07) is 7.37. The van der Waals surface area contributed by atoms with E-state index in [-0.39, 0.29) is 11.8 Å². The molecule has 1 aromatic rings. The van der Waals surface area contributed by atoms with Crippen LogP contribution in [-0.2, 0) is 4.79 Å². The number of hydrogen-bond donors (Lipinski definition) is 2. The minimum absolute atomic E-state index is 0.0436. The Hall–Kier alpha value is -1.55. The number of carbonyl (C=O) groups excluding carboxylic acids is 1. The third kappa shape index (κ3) is 2.42. The lowest BCUT2D eigenvalue weighted by molar-refractivity contribution is -0.153. The third-order valence-corrected chi connectivity index (χ3v) is 3.16. The molecule has 1 heterocycles. The number of nitrogen functional groups attached to an aromatic ring is 1. The quantitative estimate of drug-likeness (QED) is 0.749. The Kier molecular flexibility index (Phi) is 2.83. The van der Waals surface area contributed by atoms with Crippen LogP contribution >= 0.6 is 0 Å². The lowest BCUT2D eigenvalue weighted by Crippen LogP contribution is -2.62. The number of amides is 1. The second kappa shape index (κ2) is 4.04. The molecule has 92 valence electrons. The molecule has 1 aliphatic rings. The monoisotopic (exact) mass is 234 g/mol. The highest BCUT2D eigenvalue weighted by Crippen LogP contribution is 2.26. The Bertz CT molecular complexity index is 435. The van der Waals surface area contributed by atoms with Crippen molar-refractivity contribution in [2.24, 2.45) is 0 Å². The zero-order valence-corrected chi connectivity index (χ0v) is 10.2. The van der Waals surface area contributed by atoms with E-state index in [1.165, 1.54) is 0 Å². The molecule has 0 aliphatic carbocycles. The third-order valence-electron chi connectivity index (χ3n) is 3.16. The van der Waals surface area contributed by atoms with Crippen LogP contribution in [0.25, 0.3) is 0 Å². The molecule has 3 N–H and O–H groups in total. The summed E-state index contributed by atoms with van der Waals surface area (Å²) in [7, 11) is 0. The van der Waals surface area contributed by atoms with E-state index in [1.807, 2.05) is 25.1 Å². The van der Waals surface area contributed by atoms with Crippen LogP contribution in [0.3, 0.4) is 0 Å². The van der Waals surface area contributed by atoms with Gasteiger partial charge in [0, 0.05) is 5.69 Å². The molecule has 0 saturated carbocycles. The van der Waals surface area contributed by atoms with Crippen LogP contribution in [0.5, 0.6) is 0 Å². The summed E-state index contributed by atoms with van der Waals surface area (Å²) in [6.45, 7) is 4.43. The number of aliphatic hydroxyl groups is 1. The van der Waals surface area contributed by atoms with Crippen molar-refractivity contribution in [3.8, 4) is 0 Å². The molecule has 1 aliphatic heterocycles. The average Bonchev–Trinajstić information content (AvgIpc) is 2.23. The molecule has 4 heteroatoms. The first-order valence-electron chi connectivity index (χ1n) is 5.76. The van der Waals surface area contributed by atoms with Gasteiger partial charge in [-0.3, -0.25) is 4.79 Å². The van der Waals surface area contributed by atoms with Gasteiger partial charge in [-0.05, 0) is 31.5 Å². The number of nitrogens with zero attached hydrogens (tertiary/aromatic N) is 1. The zero-order chi connectivity index (χ0) is 12.6. The normalized spacial score (nSPS) is 19.6. The van der Waals surface area contributed by atoms with E-state index in [1.54, 1.807) is 17.9 Å². The highest BCUT2D eigenvalue weighted by molar-refractivity contribution is 5.84. The largest absolute Gasteiger partial charge is 0.399 e. The number of nitrogens with two attached hydrogens (primary N) is 1. The van der Waals surface area contributed by atoms with Gasteiger partial charge >= 0.3 is 0 Å². The maximum absolute atomic E-state index is 12.1. The standard InChI is InChI=1S/C13H18N2O2/c1-9(10-4-3-5-11(14)6-10)12(16)15-7-13(2,17)8-15/h3-6,9,17H,7-8,14H2,1-2H3. The molecule has 1 saturated heterocycles. The molecule has 0 spiro atoms. The van der Waals surface area contributed by atoms with Gasteiger partial charge in [0.15, 0.2) is 0 Å². The molecule has 17 heavy (non-hydrogen) atoms. The van der Waals surface area contributed by atoms with Gasteiger partial charge < -0.3 is 15.7 Å². The lowest BCUT2D eigenvalue weighted by atomic mass is 9.92. The maximum Gasteiger partial charge on any atom is 0.230 e. The van der Waals surface area contributed by atoms with Crippen molar-refractivity contribution in [1.29, 1.82) is 0 Å². The molecule has 1 atom stereocenters. The van der Waals surface area contributed by atoms with Gasteiger partial charge in [-0.25, -0.2) is 0 Å². The summed E-state index contributed by atoms with van der Waals surface area (Å²) in [5.74, 6) is -0.170. The van der Waals surface area contributed by atoms with Crippen LogP contribution < -0.4 is 5.73 Å². The van der Waals surface area contributed by atoms with Crippen molar-refractivity contribution in [3.05, 3.63) is 29.8 Å². The summed E-state index contributed by atoms with van der Waals surface area (Å²) in [5, 5.41) is 9.62. The lowest BCUT2D eigenvalue weighted by Gasteiger charge is -2.45. The van der Waals surface area contributed by atoms with Crippen LogP contribution in [0.4, 0.5) is 5.69 Å². The molecule has 0 radical (unpaired) electrons. The predicted molar refractivity (Wildman–Crippen MR) is 66.5 cm³/mol. The Labute approximate surface area is 101 Å². The Balaban J connectivity index is 2.06. The first-order valence-corrected chi connectivity index (χ1v) is 5.76. The highest BCUT2D eigenvalue weighted by Gasteiger charge is 2.40. The predicted octanol–water partition coefficient (Wildman–Crippen LogP) is 0.966. The van der Waals surface area contributed by atoms with Crippen LogP contribution in [0, 0.1) is 0 Å². The van der Waals surface area contributed by atoms with Crippen LogP contribution in [0.15, 0.2) is 24.3 Å². The molecule has 1 unspecified atom stereocenters. The van der Waals surface area contributed by atoms with Gasteiger partial charge in [-0.15, -0.1) is 0 Å².